The Morgan fingerprint density at radius 1 is 1.09 bits per heavy atom. The first-order valence-electron chi connectivity index (χ1n) is 8.58. The van der Waals surface area contributed by atoms with Crippen molar-refractivity contribution >= 4 is 6.09 Å². The molecule has 3 rings (SSSR count). The highest BCUT2D eigenvalue weighted by molar-refractivity contribution is 5.68. The third-order valence-electron chi connectivity index (χ3n) is 4.66. The molecule has 0 aromatic heterocycles. The van der Waals surface area contributed by atoms with Gasteiger partial charge in [-0.1, -0.05) is 24.3 Å². The van der Waals surface area contributed by atoms with Crippen LogP contribution < -0.4 is 0 Å². The van der Waals surface area contributed by atoms with Crippen LogP contribution in [0.15, 0.2) is 24.3 Å². The lowest BCUT2D eigenvalue weighted by molar-refractivity contribution is 0.00762. The van der Waals surface area contributed by atoms with Crippen molar-refractivity contribution in [1.29, 1.82) is 0 Å². The molecule has 0 radical (unpaired) electrons. The number of hydrogen-bond acceptors (Lipinski definition) is 3. The maximum Gasteiger partial charge on any atom is 0.410 e. The minimum absolute atomic E-state index is 0.184. The number of benzene rings is 1. The van der Waals surface area contributed by atoms with Crippen LogP contribution in [-0.2, 0) is 9.47 Å². The number of carbonyl (C=O) groups is 1. The van der Waals surface area contributed by atoms with Crippen LogP contribution in [0.2, 0.25) is 0 Å². The van der Waals surface area contributed by atoms with E-state index in [1.165, 1.54) is 11.1 Å². The Morgan fingerprint density at radius 2 is 1.65 bits per heavy atom. The molecular weight excluding hydrogens is 290 g/mol. The predicted octanol–water partition coefficient (Wildman–Crippen LogP) is 3.91. The Hall–Kier alpha value is -1.55. The molecule has 0 bridgehead atoms. The van der Waals surface area contributed by atoms with Crippen LogP contribution in [-0.4, -0.2) is 42.9 Å². The quantitative estimate of drug-likeness (QED) is 0.830. The summed E-state index contributed by atoms with van der Waals surface area (Å²) in [6.07, 6.45) is 1.82. The molecule has 1 aromatic rings. The van der Waals surface area contributed by atoms with Crippen LogP contribution in [0.1, 0.15) is 56.6 Å². The molecule has 2 aliphatic heterocycles. The second kappa shape index (κ2) is 6.52. The van der Waals surface area contributed by atoms with Crippen molar-refractivity contribution in [1.82, 2.24) is 4.90 Å². The molecule has 0 unspecified atom stereocenters. The summed E-state index contributed by atoms with van der Waals surface area (Å²) in [7, 11) is 0. The topological polar surface area (TPSA) is 38.8 Å². The van der Waals surface area contributed by atoms with Crippen LogP contribution in [0, 0.1) is 0 Å². The van der Waals surface area contributed by atoms with Gasteiger partial charge in [0.15, 0.2) is 0 Å². The summed E-state index contributed by atoms with van der Waals surface area (Å²) < 4.78 is 10.8. The summed E-state index contributed by atoms with van der Waals surface area (Å²) in [6.45, 7) is 8.96. The van der Waals surface area contributed by atoms with Gasteiger partial charge in [0.25, 0.3) is 0 Å². The molecule has 23 heavy (non-hydrogen) atoms. The fourth-order valence-electron chi connectivity index (χ4n) is 3.37. The number of piperidine rings is 1. The van der Waals surface area contributed by atoms with Gasteiger partial charge in [-0.25, -0.2) is 4.79 Å². The van der Waals surface area contributed by atoms with Crippen molar-refractivity contribution in [3.63, 3.8) is 0 Å². The minimum Gasteiger partial charge on any atom is -0.444 e. The van der Waals surface area contributed by atoms with Crippen LogP contribution in [0.4, 0.5) is 4.79 Å². The summed E-state index contributed by atoms with van der Waals surface area (Å²) >= 11 is 0. The Labute approximate surface area is 138 Å². The maximum atomic E-state index is 12.2. The standard InChI is InChI=1S/C19H27NO3/c1-19(2,3)23-18(21)20-10-8-14(9-11-20)16-6-4-5-7-17(16)15-12-22-13-15/h4-7,14-15H,8-13H2,1-3H3. The first-order chi connectivity index (χ1) is 10.9. The van der Waals surface area contributed by atoms with Gasteiger partial charge in [0.1, 0.15) is 5.60 Å². The molecule has 0 aliphatic carbocycles. The van der Waals surface area contributed by atoms with E-state index in [-0.39, 0.29) is 6.09 Å². The van der Waals surface area contributed by atoms with Gasteiger partial charge in [-0.05, 0) is 50.7 Å². The van der Waals surface area contributed by atoms with Crippen molar-refractivity contribution in [2.24, 2.45) is 0 Å². The van der Waals surface area contributed by atoms with Gasteiger partial charge in [-0.15, -0.1) is 0 Å². The smallest absolute Gasteiger partial charge is 0.410 e. The fourth-order valence-corrected chi connectivity index (χ4v) is 3.37. The van der Waals surface area contributed by atoms with Crippen molar-refractivity contribution < 1.29 is 14.3 Å². The molecular formula is C19H27NO3. The molecule has 4 heteroatoms. The highest BCUT2D eigenvalue weighted by Gasteiger charge is 2.30. The number of carbonyl (C=O) groups excluding carboxylic acids is 1. The SMILES string of the molecule is CC(C)(C)OC(=O)N1CCC(c2ccccc2C2COC2)CC1. The minimum atomic E-state index is -0.426. The lowest BCUT2D eigenvalue weighted by Gasteiger charge is -2.36. The summed E-state index contributed by atoms with van der Waals surface area (Å²) in [5.41, 5.74) is 2.46. The highest BCUT2D eigenvalue weighted by Crippen LogP contribution is 2.36. The summed E-state index contributed by atoms with van der Waals surface area (Å²) in [6, 6.07) is 8.73. The van der Waals surface area contributed by atoms with E-state index in [0.29, 0.717) is 11.8 Å². The number of likely N-dealkylation sites (tertiary alicyclic amines) is 1. The van der Waals surface area contributed by atoms with Crippen molar-refractivity contribution in [3.8, 4) is 0 Å². The Kier molecular flexibility index (Phi) is 4.62. The molecule has 0 saturated carbocycles. The Morgan fingerprint density at radius 3 is 2.13 bits per heavy atom. The summed E-state index contributed by atoms with van der Waals surface area (Å²) in [5, 5.41) is 0. The molecule has 0 spiro atoms. The molecule has 1 aromatic carbocycles. The van der Waals surface area contributed by atoms with E-state index in [9.17, 15) is 4.79 Å². The first kappa shape index (κ1) is 16.3. The third-order valence-corrected chi connectivity index (χ3v) is 4.66. The lowest BCUT2D eigenvalue weighted by atomic mass is 9.82. The van der Waals surface area contributed by atoms with E-state index in [0.717, 1.165) is 39.1 Å². The average molecular weight is 317 g/mol. The number of nitrogens with zero attached hydrogens (tertiary/aromatic N) is 1. The average Bonchev–Trinajstić information content (AvgIpc) is 2.44. The van der Waals surface area contributed by atoms with E-state index >= 15 is 0 Å². The van der Waals surface area contributed by atoms with Gasteiger partial charge in [0.05, 0.1) is 13.2 Å². The second-order valence-electron chi connectivity index (χ2n) is 7.60. The summed E-state index contributed by atoms with van der Waals surface area (Å²) in [5.74, 6) is 1.08. The Bertz CT molecular complexity index is 552. The van der Waals surface area contributed by atoms with Gasteiger partial charge in [-0.3, -0.25) is 0 Å². The molecule has 4 nitrogen and oxygen atoms in total. The van der Waals surface area contributed by atoms with Crippen LogP contribution in [0.3, 0.4) is 0 Å². The van der Waals surface area contributed by atoms with Crippen LogP contribution >= 0.6 is 0 Å². The number of hydrogen-bond donors (Lipinski definition) is 0. The van der Waals surface area contributed by atoms with Crippen LogP contribution in [0.5, 0.6) is 0 Å². The van der Waals surface area contributed by atoms with Gasteiger partial charge in [0, 0.05) is 19.0 Å². The van der Waals surface area contributed by atoms with Gasteiger partial charge >= 0.3 is 6.09 Å². The third kappa shape index (κ3) is 3.86. The zero-order chi connectivity index (χ0) is 16.4. The lowest BCUT2D eigenvalue weighted by Crippen LogP contribution is -2.41. The van der Waals surface area contributed by atoms with E-state index in [2.05, 4.69) is 24.3 Å². The van der Waals surface area contributed by atoms with Gasteiger partial charge < -0.3 is 14.4 Å². The van der Waals surface area contributed by atoms with Crippen molar-refractivity contribution in [2.75, 3.05) is 26.3 Å². The molecule has 2 fully saturated rings. The monoisotopic (exact) mass is 317 g/mol. The molecule has 2 heterocycles. The highest BCUT2D eigenvalue weighted by atomic mass is 16.6. The van der Waals surface area contributed by atoms with Crippen molar-refractivity contribution in [2.45, 2.75) is 51.0 Å². The molecule has 0 N–H and O–H groups in total. The normalized spacial score (nSPS) is 20.2. The van der Waals surface area contributed by atoms with E-state index in [1.807, 2.05) is 25.7 Å². The second-order valence-corrected chi connectivity index (χ2v) is 7.60. The van der Waals surface area contributed by atoms with E-state index in [1.54, 1.807) is 0 Å². The summed E-state index contributed by atoms with van der Waals surface area (Å²) in [4.78, 5) is 14.0. The molecule has 2 saturated heterocycles. The molecule has 2 aliphatic rings. The zero-order valence-electron chi connectivity index (χ0n) is 14.4. The molecule has 126 valence electrons. The van der Waals surface area contributed by atoms with E-state index < -0.39 is 5.60 Å². The Balaban J connectivity index is 1.62. The van der Waals surface area contributed by atoms with E-state index in [4.69, 9.17) is 9.47 Å². The number of rotatable bonds is 2. The number of amides is 1. The molecule has 0 atom stereocenters. The fraction of sp³-hybridized carbons (Fsp3) is 0.632. The van der Waals surface area contributed by atoms with Gasteiger partial charge in [0.2, 0.25) is 0 Å². The largest absolute Gasteiger partial charge is 0.444 e. The first-order valence-corrected chi connectivity index (χ1v) is 8.58. The van der Waals surface area contributed by atoms with Crippen molar-refractivity contribution in [3.05, 3.63) is 35.4 Å². The molecule has 1 amide bonds. The van der Waals surface area contributed by atoms with Crippen LogP contribution in [0.25, 0.3) is 0 Å². The van der Waals surface area contributed by atoms with Gasteiger partial charge in [-0.2, -0.15) is 0 Å². The predicted molar refractivity (Wildman–Crippen MR) is 89.8 cm³/mol. The number of ether oxygens (including phenoxy) is 2. The zero-order valence-corrected chi connectivity index (χ0v) is 14.4. The maximum absolute atomic E-state index is 12.2.